The Bertz CT molecular complexity index is 500. The number of nitrogens with zero attached hydrogens (tertiary/aromatic N) is 2. The number of likely N-dealkylation sites (tertiary alicyclic amines) is 1. The van der Waals surface area contributed by atoms with Crippen molar-refractivity contribution in [3.8, 4) is 0 Å². The lowest BCUT2D eigenvalue weighted by atomic mass is 9.82. The number of aromatic nitrogens is 1. The van der Waals surface area contributed by atoms with Crippen LogP contribution in [0.4, 0.5) is 5.69 Å². The molecule has 1 saturated heterocycles. The molecule has 1 aliphatic heterocycles. The Labute approximate surface area is 111 Å². The third kappa shape index (κ3) is 2.67. The number of nitrogens with two attached hydrogens (primary N) is 1. The second-order valence-electron chi connectivity index (χ2n) is 5.17. The van der Waals surface area contributed by atoms with Crippen LogP contribution >= 0.6 is 0 Å². The average molecular weight is 263 g/mol. The number of pyridine rings is 1. The van der Waals surface area contributed by atoms with Crippen molar-refractivity contribution >= 4 is 17.6 Å². The Morgan fingerprint density at radius 2 is 2.21 bits per heavy atom. The summed E-state index contributed by atoms with van der Waals surface area (Å²) in [6.07, 6.45) is 2.69. The van der Waals surface area contributed by atoms with Crippen LogP contribution < -0.4 is 5.73 Å². The number of piperidine rings is 1. The van der Waals surface area contributed by atoms with Gasteiger partial charge in [0.1, 0.15) is 5.69 Å². The van der Waals surface area contributed by atoms with E-state index in [4.69, 9.17) is 5.73 Å². The van der Waals surface area contributed by atoms with E-state index >= 15 is 0 Å². The zero-order valence-corrected chi connectivity index (χ0v) is 10.8. The van der Waals surface area contributed by atoms with E-state index in [1.54, 1.807) is 24.0 Å². The first-order valence-electron chi connectivity index (χ1n) is 6.16. The molecule has 6 heteroatoms. The van der Waals surface area contributed by atoms with Gasteiger partial charge in [0.05, 0.1) is 17.3 Å². The van der Waals surface area contributed by atoms with Crippen LogP contribution in [0.15, 0.2) is 18.3 Å². The molecular weight excluding hydrogens is 246 g/mol. The largest absolute Gasteiger partial charge is 0.481 e. The summed E-state index contributed by atoms with van der Waals surface area (Å²) < 4.78 is 0. The van der Waals surface area contributed by atoms with Gasteiger partial charge < -0.3 is 15.7 Å². The molecule has 0 aliphatic carbocycles. The summed E-state index contributed by atoms with van der Waals surface area (Å²) >= 11 is 0. The summed E-state index contributed by atoms with van der Waals surface area (Å²) in [7, 11) is 0. The first-order valence-corrected chi connectivity index (χ1v) is 6.16. The minimum absolute atomic E-state index is 0.215. The summed E-state index contributed by atoms with van der Waals surface area (Å²) in [6, 6.07) is 3.17. The van der Waals surface area contributed by atoms with Gasteiger partial charge in [0.2, 0.25) is 0 Å². The highest BCUT2D eigenvalue weighted by Gasteiger charge is 2.39. The minimum Gasteiger partial charge on any atom is -0.481 e. The molecule has 1 amide bonds. The van der Waals surface area contributed by atoms with E-state index in [0.29, 0.717) is 30.8 Å². The maximum atomic E-state index is 12.3. The van der Waals surface area contributed by atoms with Crippen LogP contribution in [0.1, 0.15) is 30.3 Å². The van der Waals surface area contributed by atoms with Crippen LogP contribution in [0, 0.1) is 5.41 Å². The molecule has 1 aliphatic rings. The molecule has 0 spiro atoms. The van der Waals surface area contributed by atoms with Gasteiger partial charge in [0.25, 0.3) is 5.91 Å². The first kappa shape index (κ1) is 13.3. The molecule has 0 aromatic carbocycles. The number of carbonyl (C=O) groups is 2. The summed E-state index contributed by atoms with van der Waals surface area (Å²) in [6.45, 7) is 2.45. The normalized spacial score (nSPS) is 23.1. The molecule has 19 heavy (non-hydrogen) atoms. The van der Waals surface area contributed by atoms with E-state index in [1.807, 2.05) is 0 Å². The van der Waals surface area contributed by atoms with Crippen LogP contribution in [0.5, 0.6) is 0 Å². The third-order valence-electron chi connectivity index (χ3n) is 3.51. The van der Waals surface area contributed by atoms with E-state index in [1.165, 1.54) is 6.20 Å². The Kier molecular flexibility index (Phi) is 3.42. The Balaban J connectivity index is 2.15. The van der Waals surface area contributed by atoms with Crippen LogP contribution in [-0.4, -0.2) is 40.0 Å². The maximum absolute atomic E-state index is 12.3. The molecule has 1 unspecified atom stereocenters. The molecule has 0 radical (unpaired) electrons. The van der Waals surface area contributed by atoms with E-state index in [-0.39, 0.29) is 12.5 Å². The minimum atomic E-state index is -0.873. The molecule has 0 saturated carbocycles. The van der Waals surface area contributed by atoms with Crippen LogP contribution in [0.2, 0.25) is 0 Å². The molecule has 1 atom stereocenters. The lowest BCUT2D eigenvalue weighted by Crippen LogP contribution is -2.48. The number of carbonyl (C=O) groups excluding carboxylic acids is 1. The monoisotopic (exact) mass is 263 g/mol. The predicted octanol–water partition coefficient (Wildman–Crippen LogP) is 0.991. The SMILES string of the molecule is CC1(C(=O)O)CCCN(C(=O)c2ccc(N)cn2)C1. The summed E-state index contributed by atoms with van der Waals surface area (Å²) in [4.78, 5) is 29.0. The van der Waals surface area contributed by atoms with Crippen molar-refractivity contribution < 1.29 is 14.7 Å². The molecule has 1 aromatic heterocycles. The van der Waals surface area contributed by atoms with Gasteiger partial charge >= 0.3 is 5.97 Å². The highest BCUT2D eigenvalue weighted by molar-refractivity contribution is 5.93. The number of amides is 1. The van der Waals surface area contributed by atoms with Crippen molar-refractivity contribution in [3.63, 3.8) is 0 Å². The van der Waals surface area contributed by atoms with Crippen molar-refractivity contribution in [3.05, 3.63) is 24.0 Å². The second kappa shape index (κ2) is 4.87. The average Bonchev–Trinajstić information content (AvgIpc) is 2.39. The van der Waals surface area contributed by atoms with Crippen LogP contribution in [0.3, 0.4) is 0 Å². The zero-order chi connectivity index (χ0) is 14.0. The Hall–Kier alpha value is -2.11. The van der Waals surface area contributed by atoms with E-state index < -0.39 is 11.4 Å². The number of hydrogen-bond donors (Lipinski definition) is 2. The fraction of sp³-hybridized carbons (Fsp3) is 0.462. The number of anilines is 1. The van der Waals surface area contributed by atoms with Gasteiger partial charge in [-0.2, -0.15) is 0 Å². The summed E-state index contributed by atoms with van der Waals surface area (Å²) in [5.74, 6) is -1.11. The van der Waals surface area contributed by atoms with Crippen molar-refractivity contribution in [1.29, 1.82) is 0 Å². The topological polar surface area (TPSA) is 96.5 Å². The van der Waals surface area contributed by atoms with Gasteiger partial charge in [-0.1, -0.05) is 0 Å². The molecule has 102 valence electrons. The van der Waals surface area contributed by atoms with Crippen molar-refractivity contribution in [2.45, 2.75) is 19.8 Å². The van der Waals surface area contributed by atoms with Crippen molar-refractivity contribution in [2.24, 2.45) is 5.41 Å². The number of carboxylic acid groups (broad SMARTS) is 1. The quantitative estimate of drug-likeness (QED) is 0.829. The molecule has 3 N–H and O–H groups in total. The maximum Gasteiger partial charge on any atom is 0.311 e. The molecule has 1 fully saturated rings. The molecule has 0 bridgehead atoms. The number of nitrogen functional groups attached to an aromatic ring is 1. The predicted molar refractivity (Wildman–Crippen MR) is 69.5 cm³/mol. The zero-order valence-electron chi connectivity index (χ0n) is 10.8. The number of aliphatic carboxylic acids is 1. The highest BCUT2D eigenvalue weighted by atomic mass is 16.4. The van der Waals surface area contributed by atoms with Gasteiger partial charge in [-0.05, 0) is 31.9 Å². The number of carboxylic acids is 1. The summed E-state index contributed by atoms with van der Waals surface area (Å²) in [5.41, 5.74) is 5.44. The van der Waals surface area contributed by atoms with Gasteiger partial charge in [0, 0.05) is 13.1 Å². The van der Waals surface area contributed by atoms with Crippen LogP contribution in [0.25, 0.3) is 0 Å². The van der Waals surface area contributed by atoms with Gasteiger partial charge in [-0.15, -0.1) is 0 Å². The third-order valence-corrected chi connectivity index (χ3v) is 3.51. The number of hydrogen-bond acceptors (Lipinski definition) is 4. The smallest absolute Gasteiger partial charge is 0.311 e. The van der Waals surface area contributed by atoms with E-state index in [0.717, 1.165) is 0 Å². The summed E-state index contributed by atoms with van der Waals surface area (Å²) in [5, 5.41) is 9.23. The van der Waals surface area contributed by atoms with Gasteiger partial charge in [-0.25, -0.2) is 4.98 Å². The number of rotatable bonds is 2. The van der Waals surface area contributed by atoms with Crippen molar-refractivity contribution in [2.75, 3.05) is 18.8 Å². The van der Waals surface area contributed by atoms with Gasteiger partial charge in [0.15, 0.2) is 0 Å². The van der Waals surface area contributed by atoms with E-state index in [9.17, 15) is 14.7 Å². The van der Waals surface area contributed by atoms with Gasteiger partial charge in [-0.3, -0.25) is 9.59 Å². The fourth-order valence-corrected chi connectivity index (χ4v) is 2.28. The fourth-order valence-electron chi connectivity index (χ4n) is 2.28. The Morgan fingerprint density at radius 1 is 1.47 bits per heavy atom. The van der Waals surface area contributed by atoms with E-state index in [2.05, 4.69) is 4.98 Å². The Morgan fingerprint density at radius 3 is 2.79 bits per heavy atom. The lowest BCUT2D eigenvalue weighted by molar-refractivity contribution is -0.150. The molecule has 2 rings (SSSR count). The molecular formula is C13H17N3O3. The standard InChI is InChI=1S/C13H17N3O3/c1-13(12(18)19)5-2-6-16(8-13)11(17)10-4-3-9(14)7-15-10/h3-4,7H,2,5-6,8,14H2,1H3,(H,18,19). The first-order chi connectivity index (χ1) is 8.92. The van der Waals surface area contributed by atoms with Crippen LogP contribution in [-0.2, 0) is 4.79 Å². The second-order valence-corrected chi connectivity index (χ2v) is 5.17. The molecule has 6 nitrogen and oxygen atoms in total. The molecule has 2 heterocycles. The highest BCUT2D eigenvalue weighted by Crippen LogP contribution is 2.30. The van der Waals surface area contributed by atoms with Crippen molar-refractivity contribution in [1.82, 2.24) is 9.88 Å². The molecule has 1 aromatic rings. The lowest BCUT2D eigenvalue weighted by Gasteiger charge is -2.37.